The maximum Gasteiger partial charge on any atom is 0.272 e. The zero-order chi connectivity index (χ0) is 22.8. The van der Waals surface area contributed by atoms with Crippen LogP contribution in [0.3, 0.4) is 0 Å². The summed E-state index contributed by atoms with van der Waals surface area (Å²) in [5, 5.41) is 7.39. The van der Waals surface area contributed by atoms with Gasteiger partial charge < -0.3 is 19.7 Å². The van der Waals surface area contributed by atoms with E-state index in [1.165, 1.54) is 0 Å². The summed E-state index contributed by atoms with van der Waals surface area (Å²) in [6.07, 6.45) is 4.04. The van der Waals surface area contributed by atoms with Crippen molar-refractivity contribution in [2.75, 3.05) is 13.3 Å². The van der Waals surface area contributed by atoms with Gasteiger partial charge in [-0.1, -0.05) is 36.4 Å². The Morgan fingerprint density at radius 1 is 1.12 bits per heavy atom. The molecule has 8 heteroatoms. The van der Waals surface area contributed by atoms with Crippen molar-refractivity contribution in [2.45, 2.75) is 19.5 Å². The second-order valence-corrected chi connectivity index (χ2v) is 8.02. The van der Waals surface area contributed by atoms with Gasteiger partial charge in [0.05, 0.1) is 6.54 Å². The number of benzene rings is 2. The van der Waals surface area contributed by atoms with Gasteiger partial charge in [-0.2, -0.15) is 5.10 Å². The summed E-state index contributed by atoms with van der Waals surface area (Å²) in [6.45, 7) is 1.49. The van der Waals surface area contributed by atoms with Crippen LogP contribution in [0.15, 0.2) is 54.6 Å². The number of aromatic nitrogens is 2. The van der Waals surface area contributed by atoms with Crippen molar-refractivity contribution in [2.24, 2.45) is 7.05 Å². The molecular formula is C25H24N4O4. The Balaban J connectivity index is 1.27. The lowest BCUT2D eigenvalue weighted by molar-refractivity contribution is -0.126. The number of fused-ring (bicyclic) bond motifs is 2. The third-order valence-corrected chi connectivity index (χ3v) is 5.88. The molecule has 0 atom stereocenters. The molecule has 8 nitrogen and oxygen atoms in total. The second-order valence-electron chi connectivity index (χ2n) is 8.02. The van der Waals surface area contributed by atoms with E-state index < -0.39 is 0 Å². The number of rotatable bonds is 5. The number of hydrogen-bond acceptors (Lipinski definition) is 5. The van der Waals surface area contributed by atoms with E-state index in [-0.39, 0.29) is 18.6 Å². The number of hydrogen-bond donors (Lipinski definition) is 1. The molecule has 0 bridgehead atoms. The third-order valence-electron chi connectivity index (χ3n) is 5.88. The highest BCUT2D eigenvalue weighted by Gasteiger charge is 2.28. The molecule has 2 aromatic carbocycles. The number of aryl methyl sites for hydroxylation is 1. The SMILES string of the molecule is Cn1nc(C(=O)NCc2ccc3c(c2)OCO3)c2c1CCN(C(=O)C=Cc1ccccc1)C2. The number of nitrogens with zero attached hydrogens (tertiary/aromatic N) is 3. The molecule has 0 saturated carbocycles. The number of ether oxygens (including phenoxy) is 2. The highest BCUT2D eigenvalue weighted by Crippen LogP contribution is 2.32. The molecule has 0 saturated heterocycles. The number of amides is 2. The minimum atomic E-state index is -0.265. The van der Waals surface area contributed by atoms with Crippen LogP contribution in [0.25, 0.3) is 6.08 Å². The van der Waals surface area contributed by atoms with E-state index in [1.807, 2.05) is 55.6 Å². The molecule has 1 N–H and O–H groups in total. The van der Waals surface area contributed by atoms with Crippen molar-refractivity contribution in [1.29, 1.82) is 0 Å². The number of carbonyl (C=O) groups is 2. The highest BCUT2D eigenvalue weighted by atomic mass is 16.7. The maximum absolute atomic E-state index is 13.0. The van der Waals surface area contributed by atoms with Gasteiger partial charge in [-0.3, -0.25) is 14.3 Å². The van der Waals surface area contributed by atoms with Crippen LogP contribution in [0.4, 0.5) is 0 Å². The van der Waals surface area contributed by atoms with Crippen LogP contribution in [-0.4, -0.2) is 39.8 Å². The fraction of sp³-hybridized carbons (Fsp3) is 0.240. The summed E-state index contributed by atoms with van der Waals surface area (Å²) in [4.78, 5) is 27.5. The van der Waals surface area contributed by atoms with Crippen molar-refractivity contribution in [3.63, 3.8) is 0 Å². The summed E-state index contributed by atoms with van der Waals surface area (Å²) in [7, 11) is 1.83. The number of carbonyl (C=O) groups excluding carboxylic acids is 2. The van der Waals surface area contributed by atoms with E-state index in [0.29, 0.717) is 43.2 Å². The summed E-state index contributed by atoms with van der Waals surface area (Å²) in [6, 6.07) is 15.3. The van der Waals surface area contributed by atoms with E-state index in [4.69, 9.17) is 9.47 Å². The Labute approximate surface area is 191 Å². The predicted octanol–water partition coefficient (Wildman–Crippen LogP) is 2.68. The van der Waals surface area contributed by atoms with E-state index in [2.05, 4.69) is 10.4 Å². The zero-order valence-corrected chi connectivity index (χ0v) is 18.3. The molecule has 0 spiro atoms. The fourth-order valence-corrected chi connectivity index (χ4v) is 4.12. The summed E-state index contributed by atoms with van der Waals surface area (Å²) in [5.74, 6) is 1.03. The largest absolute Gasteiger partial charge is 0.454 e. The van der Waals surface area contributed by atoms with Gasteiger partial charge in [-0.25, -0.2) is 0 Å². The van der Waals surface area contributed by atoms with E-state index in [1.54, 1.807) is 21.7 Å². The molecule has 3 heterocycles. The van der Waals surface area contributed by atoms with Crippen molar-refractivity contribution in [3.8, 4) is 11.5 Å². The van der Waals surface area contributed by atoms with Gasteiger partial charge in [-0.15, -0.1) is 0 Å². The Kier molecular flexibility index (Phi) is 5.56. The van der Waals surface area contributed by atoms with Gasteiger partial charge in [0.25, 0.3) is 5.91 Å². The lowest BCUT2D eigenvalue weighted by atomic mass is 10.0. The first-order valence-electron chi connectivity index (χ1n) is 10.8. The van der Waals surface area contributed by atoms with Crippen LogP contribution in [-0.2, 0) is 31.4 Å². The predicted molar refractivity (Wildman–Crippen MR) is 122 cm³/mol. The van der Waals surface area contributed by atoms with Crippen LogP contribution in [0.2, 0.25) is 0 Å². The molecule has 1 aromatic heterocycles. The lowest BCUT2D eigenvalue weighted by Crippen LogP contribution is -2.36. The van der Waals surface area contributed by atoms with E-state index in [0.717, 1.165) is 22.4 Å². The van der Waals surface area contributed by atoms with Crippen LogP contribution in [0.1, 0.15) is 32.9 Å². The smallest absolute Gasteiger partial charge is 0.272 e. The van der Waals surface area contributed by atoms with Crippen molar-refractivity contribution >= 4 is 17.9 Å². The maximum atomic E-state index is 13.0. The van der Waals surface area contributed by atoms with Crippen LogP contribution in [0.5, 0.6) is 11.5 Å². The Hall–Kier alpha value is -4.07. The molecule has 5 rings (SSSR count). The van der Waals surface area contributed by atoms with Crippen LogP contribution < -0.4 is 14.8 Å². The third kappa shape index (κ3) is 4.32. The Morgan fingerprint density at radius 3 is 2.79 bits per heavy atom. The first-order chi connectivity index (χ1) is 16.1. The van der Waals surface area contributed by atoms with Gasteiger partial charge in [0.15, 0.2) is 17.2 Å². The molecule has 2 amide bonds. The average molecular weight is 444 g/mol. The summed E-state index contributed by atoms with van der Waals surface area (Å²) >= 11 is 0. The molecule has 168 valence electrons. The van der Waals surface area contributed by atoms with Gasteiger partial charge in [0, 0.05) is 43.9 Å². The van der Waals surface area contributed by atoms with Crippen molar-refractivity contribution < 1.29 is 19.1 Å². The van der Waals surface area contributed by atoms with Gasteiger partial charge >= 0.3 is 0 Å². The van der Waals surface area contributed by atoms with Gasteiger partial charge in [0.1, 0.15) is 0 Å². The molecule has 0 unspecified atom stereocenters. The van der Waals surface area contributed by atoms with Crippen molar-refractivity contribution in [3.05, 3.63) is 82.7 Å². The minimum Gasteiger partial charge on any atom is -0.454 e. The highest BCUT2D eigenvalue weighted by molar-refractivity contribution is 5.95. The van der Waals surface area contributed by atoms with E-state index >= 15 is 0 Å². The molecule has 0 aliphatic carbocycles. The molecular weight excluding hydrogens is 420 g/mol. The summed E-state index contributed by atoms with van der Waals surface area (Å²) in [5.41, 5.74) is 4.01. The fourth-order valence-electron chi connectivity index (χ4n) is 4.12. The van der Waals surface area contributed by atoms with Gasteiger partial charge in [0.2, 0.25) is 12.7 Å². The topological polar surface area (TPSA) is 85.7 Å². The standard InChI is InChI=1S/C25H24N4O4/c1-28-20-11-12-29(23(30)10-8-17-5-3-2-4-6-17)15-19(20)24(27-28)25(31)26-14-18-7-9-21-22(13-18)33-16-32-21/h2-10,13H,11-12,14-16H2,1H3,(H,26,31). The van der Waals surface area contributed by atoms with Crippen LogP contribution >= 0.6 is 0 Å². The Morgan fingerprint density at radius 2 is 1.94 bits per heavy atom. The summed E-state index contributed by atoms with van der Waals surface area (Å²) < 4.78 is 12.5. The minimum absolute atomic E-state index is 0.0833. The Bertz CT molecular complexity index is 1230. The van der Waals surface area contributed by atoms with Gasteiger partial charge in [-0.05, 0) is 29.3 Å². The number of nitrogens with one attached hydrogen (secondary N) is 1. The quantitative estimate of drug-likeness (QED) is 0.612. The second kappa shape index (κ2) is 8.82. The molecule has 33 heavy (non-hydrogen) atoms. The molecule has 2 aliphatic heterocycles. The monoisotopic (exact) mass is 444 g/mol. The zero-order valence-electron chi connectivity index (χ0n) is 18.3. The first-order valence-corrected chi connectivity index (χ1v) is 10.8. The molecule has 0 fully saturated rings. The first kappa shape index (κ1) is 20.8. The van der Waals surface area contributed by atoms with E-state index in [9.17, 15) is 9.59 Å². The van der Waals surface area contributed by atoms with Crippen LogP contribution in [0, 0.1) is 0 Å². The molecule has 0 radical (unpaired) electrons. The van der Waals surface area contributed by atoms with Crippen molar-refractivity contribution in [1.82, 2.24) is 20.0 Å². The molecule has 3 aromatic rings. The molecule has 2 aliphatic rings. The average Bonchev–Trinajstić information content (AvgIpc) is 3.45. The normalized spacial score (nSPS) is 14.4. The lowest BCUT2D eigenvalue weighted by Gasteiger charge is -2.26.